The number of fused-ring (bicyclic) bond motifs is 1. The number of nitrogens with zero attached hydrogens (tertiary/aromatic N) is 2. The maximum Gasteiger partial charge on any atom is 0.258 e. The number of nitrogens with one attached hydrogen (secondary N) is 2. The monoisotopic (exact) mass is 398 g/mol. The lowest BCUT2D eigenvalue weighted by Crippen LogP contribution is -2.29. The third-order valence-corrected chi connectivity index (χ3v) is 4.90. The minimum Gasteiger partial charge on any atom is -0.344 e. The number of aryl methyl sites for hydroxylation is 1. The first kappa shape index (κ1) is 19.5. The molecule has 1 unspecified atom stereocenters. The van der Waals surface area contributed by atoms with Gasteiger partial charge in [0, 0.05) is 19.0 Å². The summed E-state index contributed by atoms with van der Waals surface area (Å²) in [5.41, 5.74) is 2.28. The summed E-state index contributed by atoms with van der Waals surface area (Å²) in [6.45, 7) is 0. The summed E-state index contributed by atoms with van der Waals surface area (Å²) in [7, 11) is 0. The van der Waals surface area contributed by atoms with E-state index in [1.165, 1.54) is 0 Å². The molecule has 0 aliphatic heterocycles. The zero-order valence-electron chi connectivity index (χ0n) is 16.4. The Morgan fingerprint density at radius 2 is 1.73 bits per heavy atom. The van der Waals surface area contributed by atoms with Crippen LogP contribution in [0.4, 0.5) is 0 Å². The second kappa shape index (κ2) is 9.13. The first-order valence-corrected chi connectivity index (χ1v) is 9.94. The number of aromatic amines is 1. The van der Waals surface area contributed by atoms with Crippen LogP contribution < -0.4 is 10.9 Å². The Bertz CT molecular complexity index is 1150. The van der Waals surface area contributed by atoms with E-state index in [-0.39, 0.29) is 17.5 Å². The van der Waals surface area contributed by atoms with Gasteiger partial charge in [0.25, 0.3) is 5.56 Å². The number of carbonyl (C=O) groups is 1. The van der Waals surface area contributed by atoms with Crippen LogP contribution in [0, 0.1) is 0 Å². The number of hydrogen-bond donors (Lipinski definition) is 2. The van der Waals surface area contributed by atoms with Gasteiger partial charge in [-0.3, -0.25) is 14.6 Å². The Labute approximate surface area is 174 Å². The number of carbonyl (C=O) groups excluding carboxylic acids is 1. The molecule has 2 N–H and O–H groups in total. The Morgan fingerprint density at radius 3 is 2.53 bits per heavy atom. The van der Waals surface area contributed by atoms with E-state index in [1.54, 1.807) is 12.3 Å². The highest BCUT2D eigenvalue weighted by atomic mass is 16.1. The molecule has 0 fully saturated rings. The van der Waals surface area contributed by atoms with Gasteiger partial charge in [-0.15, -0.1) is 0 Å². The molecule has 4 aromatic rings. The number of amides is 1. The van der Waals surface area contributed by atoms with Gasteiger partial charge in [0.15, 0.2) is 0 Å². The largest absolute Gasteiger partial charge is 0.344 e. The van der Waals surface area contributed by atoms with Gasteiger partial charge < -0.3 is 10.3 Å². The molecule has 2 heterocycles. The summed E-state index contributed by atoms with van der Waals surface area (Å²) in [5, 5.41) is 3.65. The molecule has 150 valence electrons. The Hall–Kier alpha value is -3.80. The van der Waals surface area contributed by atoms with Crippen molar-refractivity contribution in [1.82, 2.24) is 20.3 Å². The van der Waals surface area contributed by atoms with Gasteiger partial charge in [-0.2, -0.15) is 0 Å². The van der Waals surface area contributed by atoms with Crippen LogP contribution in [0.2, 0.25) is 0 Å². The molecule has 30 heavy (non-hydrogen) atoms. The van der Waals surface area contributed by atoms with Crippen LogP contribution >= 0.6 is 0 Å². The van der Waals surface area contributed by atoms with E-state index in [9.17, 15) is 9.59 Å². The highest BCUT2D eigenvalue weighted by Crippen LogP contribution is 2.20. The number of benzene rings is 2. The predicted molar refractivity (Wildman–Crippen MR) is 116 cm³/mol. The molecule has 0 bridgehead atoms. The molecule has 0 aliphatic carbocycles. The van der Waals surface area contributed by atoms with Crippen molar-refractivity contribution in [3.05, 3.63) is 106 Å². The van der Waals surface area contributed by atoms with Gasteiger partial charge in [0.2, 0.25) is 5.91 Å². The number of aromatic nitrogens is 3. The standard InChI is InChI=1S/C24H22N4O2/c29-22(15-8-14-21-26-19-12-5-4-11-18(19)24(30)27-21)28-23(17-9-2-1-3-10-17)20-13-6-7-16-25-20/h1-7,9-13,16,23H,8,14-15H2,(H,28,29)(H,26,27,30). The lowest BCUT2D eigenvalue weighted by molar-refractivity contribution is -0.121. The second-order valence-corrected chi connectivity index (χ2v) is 7.05. The van der Waals surface area contributed by atoms with E-state index in [0.717, 1.165) is 11.3 Å². The summed E-state index contributed by atoms with van der Waals surface area (Å²) < 4.78 is 0. The highest BCUT2D eigenvalue weighted by molar-refractivity contribution is 5.77. The van der Waals surface area contributed by atoms with Gasteiger partial charge in [-0.25, -0.2) is 4.98 Å². The molecular weight excluding hydrogens is 376 g/mol. The summed E-state index contributed by atoms with van der Waals surface area (Å²) in [5.74, 6) is 0.522. The van der Waals surface area contributed by atoms with Crippen molar-refractivity contribution in [1.29, 1.82) is 0 Å². The fraction of sp³-hybridized carbons (Fsp3) is 0.167. The van der Waals surface area contributed by atoms with Crippen LogP contribution in [0.3, 0.4) is 0 Å². The molecule has 2 aromatic heterocycles. The summed E-state index contributed by atoms with van der Waals surface area (Å²) in [6, 6.07) is 22.4. The third-order valence-electron chi connectivity index (χ3n) is 4.90. The number of rotatable bonds is 7. The third kappa shape index (κ3) is 4.60. The Morgan fingerprint density at radius 1 is 0.967 bits per heavy atom. The summed E-state index contributed by atoms with van der Waals surface area (Å²) in [4.78, 5) is 36.5. The number of para-hydroxylation sites is 1. The molecule has 0 spiro atoms. The van der Waals surface area contributed by atoms with Crippen LogP contribution in [0.5, 0.6) is 0 Å². The van der Waals surface area contributed by atoms with Gasteiger partial charge >= 0.3 is 0 Å². The van der Waals surface area contributed by atoms with E-state index in [4.69, 9.17) is 0 Å². The molecule has 0 radical (unpaired) electrons. The first-order chi connectivity index (χ1) is 14.7. The molecule has 1 atom stereocenters. The lowest BCUT2D eigenvalue weighted by Gasteiger charge is -2.19. The van der Waals surface area contributed by atoms with Gasteiger partial charge in [0.05, 0.1) is 22.6 Å². The minimum absolute atomic E-state index is 0.0716. The number of hydrogen-bond acceptors (Lipinski definition) is 4. The SMILES string of the molecule is O=C(CCCc1nc2ccccc2c(=O)[nH]1)NC(c1ccccc1)c1ccccn1. The number of pyridine rings is 1. The molecule has 0 saturated carbocycles. The van der Waals surface area contributed by atoms with Gasteiger partial charge in [-0.05, 0) is 36.2 Å². The van der Waals surface area contributed by atoms with Crippen LogP contribution in [0.25, 0.3) is 10.9 Å². The average molecular weight is 398 g/mol. The fourth-order valence-corrected chi connectivity index (χ4v) is 3.42. The van der Waals surface area contributed by atoms with E-state index in [1.807, 2.05) is 66.7 Å². The van der Waals surface area contributed by atoms with Crippen molar-refractivity contribution in [2.45, 2.75) is 25.3 Å². The van der Waals surface area contributed by atoms with Crippen molar-refractivity contribution in [2.24, 2.45) is 0 Å². The average Bonchev–Trinajstić information content (AvgIpc) is 2.79. The van der Waals surface area contributed by atoms with E-state index in [0.29, 0.717) is 36.0 Å². The maximum atomic E-state index is 12.6. The van der Waals surface area contributed by atoms with Crippen LogP contribution in [0.1, 0.15) is 36.0 Å². The molecular formula is C24H22N4O2. The minimum atomic E-state index is -0.307. The number of H-pyrrole nitrogens is 1. The normalized spacial score (nSPS) is 11.9. The van der Waals surface area contributed by atoms with E-state index < -0.39 is 0 Å². The molecule has 4 rings (SSSR count). The molecule has 0 aliphatic rings. The lowest BCUT2D eigenvalue weighted by atomic mass is 10.0. The van der Waals surface area contributed by atoms with Crippen LogP contribution in [-0.4, -0.2) is 20.9 Å². The van der Waals surface area contributed by atoms with E-state index >= 15 is 0 Å². The predicted octanol–water partition coefficient (Wildman–Crippen LogP) is 3.55. The van der Waals surface area contributed by atoms with Crippen molar-refractivity contribution in [2.75, 3.05) is 0 Å². The van der Waals surface area contributed by atoms with Crippen molar-refractivity contribution < 1.29 is 4.79 Å². The van der Waals surface area contributed by atoms with Gasteiger partial charge in [0.1, 0.15) is 5.82 Å². The van der Waals surface area contributed by atoms with Crippen molar-refractivity contribution in [3.8, 4) is 0 Å². The molecule has 0 saturated heterocycles. The molecule has 1 amide bonds. The van der Waals surface area contributed by atoms with Crippen LogP contribution in [-0.2, 0) is 11.2 Å². The molecule has 6 nitrogen and oxygen atoms in total. The molecule has 6 heteroatoms. The van der Waals surface area contributed by atoms with Crippen molar-refractivity contribution in [3.63, 3.8) is 0 Å². The highest BCUT2D eigenvalue weighted by Gasteiger charge is 2.17. The zero-order valence-corrected chi connectivity index (χ0v) is 16.4. The summed E-state index contributed by atoms with van der Waals surface area (Å²) in [6.07, 6.45) is 3.15. The smallest absolute Gasteiger partial charge is 0.258 e. The van der Waals surface area contributed by atoms with Crippen LogP contribution in [0.15, 0.2) is 83.8 Å². The van der Waals surface area contributed by atoms with Crippen molar-refractivity contribution >= 4 is 16.8 Å². The zero-order chi connectivity index (χ0) is 20.8. The van der Waals surface area contributed by atoms with Gasteiger partial charge in [-0.1, -0.05) is 48.5 Å². The molecule has 2 aromatic carbocycles. The topological polar surface area (TPSA) is 87.7 Å². The maximum absolute atomic E-state index is 12.6. The Kier molecular flexibility index (Phi) is 5.94. The second-order valence-electron chi connectivity index (χ2n) is 7.05. The fourth-order valence-electron chi connectivity index (χ4n) is 3.42. The first-order valence-electron chi connectivity index (χ1n) is 9.94. The summed E-state index contributed by atoms with van der Waals surface area (Å²) >= 11 is 0. The van der Waals surface area contributed by atoms with E-state index in [2.05, 4.69) is 20.3 Å². The Balaban J connectivity index is 1.41. The quantitative estimate of drug-likeness (QED) is 0.498.